The highest BCUT2D eigenvalue weighted by Gasteiger charge is 2.15. The lowest BCUT2D eigenvalue weighted by Crippen LogP contribution is -2.08. The topological polar surface area (TPSA) is 93.6 Å². The molecule has 2 aromatic heterocycles. The first-order chi connectivity index (χ1) is 16.5. The van der Waals surface area contributed by atoms with Gasteiger partial charge in [0.25, 0.3) is 0 Å². The zero-order chi connectivity index (χ0) is 23.9. The number of thiophene rings is 1. The smallest absolute Gasteiger partial charge is 0.306 e. The standard InChI is InChI=1S/C25H24FN3O4S/c1-2-32-24-18(4-3-5-21(24)33-10-7-23(30)31)20-14-22(29-15-28-20)27-9-6-16-12-17-8-11-34-25(17)19(26)13-16/h3-5,8,11-15H,2,6-7,9-10H2,1H3,(H,30,31)(H,27,28,29). The van der Waals surface area contributed by atoms with Crippen LogP contribution in [0.5, 0.6) is 11.5 Å². The van der Waals surface area contributed by atoms with Gasteiger partial charge in [0, 0.05) is 18.2 Å². The van der Waals surface area contributed by atoms with Crippen LogP contribution in [0.2, 0.25) is 0 Å². The summed E-state index contributed by atoms with van der Waals surface area (Å²) in [7, 11) is 0. The SMILES string of the molecule is CCOc1c(OCCC(=O)O)cccc1-c1cc(NCCc2cc(F)c3sccc3c2)ncn1. The van der Waals surface area contributed by atoms with Crippen molar-refractivity contribution in [2.75, 3.05) is 25.1 Å². The Morgan fingerprint density at radius 2 is 2.06 bits per heavy atom. The Labute approximate surface area is 200 Å². The molecule has 0 saturated heterocycles. The number of aromatic nitrogens is 2. The van der Waals surface area contributed by atoms with E-state index in [1.54, 1.807) is 18.2 Å². The van der Waals surface area contributed by atoms with Crippen molar-refractivity contribution in [2.45, 2.75) is 19.8 Å². The van der Waals surface area contributed by atoms with Crippen LogP contribution in [0, 0.1) is 5.82 Å². The molecule has 0 saturated carbocycles. The molecule has 0 amide bonds. The van der Waals surface area contributed by atoms with Gasteiger partial charge < -0.3 is 19.9 Å². The third-order valence-electron chi connectivity index (χ3n) is 5.07. The maximum Gasteiger partial charge on any atom is 0.306 e. The second-order valence-electron chi connectivity index (χ2n) is 7.44. The van der Waals surface area contributed by atoms with E-state index < -0.39 is 5.97 Å². The molecule has 2 heterocycles. The summed E-state index contributed by atoms with van der Waals surface area (Å²) in [4.78, 5) is 19.5. The second kappa shape index (κ2) is 10.9. The van der Waals surface area contributed by atoms with E-state index in [1.165, 1.54) is 17.7 Å². The second-order valence-corrected chi connectivity index (χ2v) is 8.36. The molecular formula is C25H24FN3O4S. The first-order valence-electron chi connectivity index (χ1n) is 10.9. The number of anilines is 1. The van der Waals surface area contributed by atoms with Crippen LogP contribution in [-0.4, -0.2) is 40.8 Å². The molecule has 0 aliphatic heterocycles. The minimum atomic E-state index is -0.932. The van der Waals surface area contributed by atoms with Crippen LogP contribution in [0.3, 0.4) is 0 Å². The lowest BCUT2D eigenvalue weighted by atomic mass is 10.1. The van der Waals surface area contributed by atoms with Crippen LogP contribution in [-0.2, 0) is 11.2 Å². The highest BCUT2D eigenvalue weighted by molar-refractivity contribution is 7.17. The molecule has 0 aliphatic rings. The predicted octanol–water partition coefficient (Wildman–Crippen LogP) is 5.40. The zero-order valence-corrected chi connectivity index (χ0v) is 19.4. The Kier molecular flexibility index (Phi) is 7.54. The average Bonchev–Trinajstić information content (AvgIpc) is 3.30. The van der Waals surface area contributed by atoms with E-state index in [1.807, 2.05) is 36.6 Å². The summed E-state index contributed by atoms with van der Waals surface area (Å²) in [5.41, 5.74) is 2.26. The number of hydrogen-bond donors (Lipinski definition) is 2. The molecule has 9 heteroatoms. The number of para-hydroxylation sites is 1. The number of carbonyl (C=O) groups is 1. The van der Waals surface area contributed by atoms with E-state index in [2.05, 4.69) is 15.3 Å². The highest BCUT2D eigenvalue weighted by atomic mass is 32.1. The summed E-state index contributed by atoms with van der Waals surface area (Å²) in [5, 5.41) is 14.9. The Morgan fingerprint density at radius 1 is 1.18 bits per heavy atom. The van der Waals surface area contributed by atoms with Crippen LogP contribution in [0.15, 0.2) is 54.2 Å². The Bertz CT molecular complexity index is 1290. The summed E-state index contributed by atoms with van der Waals surface area (Å²) in [5.74, 6) is 0.459. The van der Waals surface area contributed by atoms with Crippen LogP contribution in [0.4, 0.5) is 10.2 Å². The van der Waals surface area contributed by atoms with Crippen molar-refractivity contribution in [3.63, 3.8) is 0 Å². The fourth-order valence-electron chi connectivity index (χ4n) is 3.55. The van der Waals surface area contributed by atoms with Gasteiger partial charge in [-0.3, -0.25) is 4.79 Å². The summed E-state index contributed by atoms with van der Waals surface area (Å²) in [6.45, 7) is 2.88. The van der Waals surface area contributed by atoms with Gasteiger partial charge in [0.1, 0.15) is 18.0 Å². The normalized spacial score (nSPS) is 10.9. The first kappa shape index (κ1) is 23.4. The molecule has 0 unspecified atom stereocenters. The number of ether oxygens (including phenoxy) is 2. The monoisotopic (exact) mass is 481 g/mol. The number of hydrogen-bond acceptors (Lipinski definition) is 7. The number of carboxylic acids is 1. The Balaban J connectivity index is 1.48. The van der Waals surface area contributed by atoms with E-state index in [4.69, 9.17) is 14.6 Å². The van der Waals surface area contributed by atoms with Gasteiger partial charge in [-0.1, -0.05) is 12.1 Å². The van der Waals surface area contributed by atoms with E-state index >= 15 is 0 Å². The van der Waals surface area contributed by atoms with Crippen molar-refractivity contribution in [2.24, 2.45) is 0 Å². The number of rotatable bonds is 11. The van der Waals surface area contributed by atoms with Gasteiger partial charge in [-0.05, 0) is 53.9 Å². The fraction of sp³-hybridized carbons (Fsp3) is 0.240. The highest BCUT2D eigenvalue weighted by Crippen LogP contribution is 2.38. The average molecular weight is 482 g/mol. The molecule has 0 radical (unpaired) electrons. The summed E-state index contributed by atoms with van der Waals surface area (Å²) in [6, 6.07) is 12.7. The van der Waals surface area contributed by atoms with Gasteiger partial charge in [0.15, 0.2) is 11.5 Å². The van der Waals surface area contributed by atoms with Crippen LogP contribution >= 0.6 is 11.3 Å². The molecule has 2 N–H and O–H groups in total. The van der Waals surface area contributed by atoms with E-state index in [0.717, 1.165) is 10.9 Å². The Morgan fingerprint density at radius 3 is 2.88 bits per heavy atom. The molecule has 7 nitrogen and oxygen atoms in total. The van der Waals surface area contributed by atoms with E-state index in [9.17, 15) is 9.18 Å². The first-order valence-corrected chi connectivity index (χ1v) is 11.8. The van der Waals surface area contributed by atoms with Crippen molar-refractivity contribution in [1.29, 1.82) is 0 Å². The summed E-state index contributed by atoms with van der Waals surface area (Å²) >= 11 is 1.40. The number of halogens is 1. The van der Waals surface area contributed by atoms with E-state index in [0.29, 0.717) is 52.8 Å². The number of fused-ring (bicyclic) bond motifs is 1. The predicted molar refractivity (Wildman–Crippen MR) is 130 cm³/mol. The number of nitrogens with zero attached hydrogens (tertiary/aromatic N) is 2. The van der Waals surface area contributed by atoms with Crippen LogP contribution < -0.4 is 14.8 Å². The quantitative estimate of drug-likeness (QED) is 0.296. The van der Waals surface area contributed by atoms with Crippen molar-refractivity contribution in [1.82, 2.24) is 9.97 Å². The molecule has 2 aromatic carbocycles. The molecule has 34 heavy (non-hydrogen) atoms. The van der Waals surface area contributed by atoms with Crippen LogP contribution in [0.25, 0.3) is 21.3 Å². The van der Waals surface area contributed by atoms with Crippen molar-refractivity contribution in [3.05, 3.63) is 65.6 Å². The molecule has 0 spiro atoms. The molecular weight excluding hydrogens is 457 g/mol. The lowest BCUT2D eigenvalue weighted by Gasteiger charge is -2.15. The molecule has 0 aliphatic carbocycles. The van der Waals surface area contributed by atoms with Gasteiger partial charge >= 0.3 is 5.97 Å². The minimum Gasteiger partial charge on any atom is -0.489 e. The van der Waals surface area contributed by atoms with Gasteiger partial charge in [-0.25, -0.2) is 14.4 Å². The third-order valence-corrected chi connectivity index (χ3v) is 6.01. The van der Waals surface area contributed by atoms with Crippen LogP contribution in [0.1, 0.15) is 18.9 Å². The van der Waals surface area contributed by atoms with Gasteiger partial charge in [0.2, 0.25) is 0 Å². The fourth-order valence-corrected chi connectivity index (χ4v) is 4.34. The molecule has 0 bridgehead atoms. The molecule has 0 atom stereocenters. The number of nitrogens with one attached hydrogen (secondary N) is 1. The number of carboxylic acid groups (broad SMARTS) is 1. The molecule has 176 valence electrons. The lowest BCUT2D eigenvalue weighted by molar-refractivity contribution is -0.137. The third kappa shape index (κ3) is 5.60. The Hall–Kier alpha value is -3.72. The van der Waals surface area contributed by atoms with Crippen molar-refractivity contribution >= 4 is 33.2 Å². The van der Waals surface area contributed by atoms with Crippen molar-refractivity contribution in [3.8, 4) is 22.8 Å². The largest absolute Gasteiger partial charge is 0.489 e. The minimum absolute atomic E-state index is 0.0349. The van der Waals surface area contributed by atoms with Crippen molar-refractivity contribution < 1.29 is 23.8 Å². The van der Waals surface area contributed by atoms with Gasteiger partial charge in [0.05, 0.1) is 30.0 Å². The zero-order valence-electron chi connectivity index (χ0n) is 18.6. The molecule has 4 rings (SSSR count). The summed E-state index contributed by atoms with van der Waals surface area (Å²) in [6.07, 6.45) is 1.99. The van der Waals surface area contributed by atoms with Gasteiger partial charge in [-0.15, -0.1) is 11.3 Å². The maximum atomic E-state index is 14.2. The van der Waals surface area contributed by atoms with E-state index in [-0.39, 0.29) is 18.8 Å². The van der Waals surface area contributed by atoms with Gasteiger partial charge in [-0.2, -0.15) is 0 Å². The molecule has 0 fully saturated rings. The maximum absolute atomic E-state index is 14.2. The number of aliphatic carboxylic acids is 1. The molecule has 4 aromatic rings. The summed E-state index contributed by atoms with van der Waals surface area (Å²) < 4.78 is 26.4. The number of benzene rings is 2.